The second-order valence-electron chi connectivity index (χ2n) is 4.00. The Morgan fingerprint density at radius 2 is 1.95 bits per heavy atom. The van der Waals surface area contributed by atoms with Gasteiger partial charge in [-0.15, -0.1) is 0 Å². The maximum atomic E-state index is 11.5. The highest BCUT2D eigenvalue weighted by atomic mass is 16.6. The van der Waals surface area contributed by atoms with Gasteiger partial charge in [0.1, 0.15) is 6.61 Å². The van der Waals surface area contributed by atoms with Crippen LogP contribution in [0.2, 0.25) is 0 Å². The Hall–Kier alpha value is -2.37. The van der Waals surface area contributed by atoms with E-state index in [1.807, 2.05) is 6.07 Å². The molecule has 1 amide bonds. The lowest BCUT2D eigenvalue weighted by atomic mass is 10.1. The van der Waals surface area contributed by atoms with Gasteiger partial charge in [-0.3, -0.25) is 5.32 Å². The Labute approximate surface area is 110 Å². The Balaban J connectivity index is 2.55. The molecule has 0 aliphatic rings. The first-order valence-corrected chi connectivity index (χ1v) is 5.55. The van der Waals surface area contributed by atoms with Gasteiger partial charge in [0.2, 0.25) is 0 Å². The topological polar surface area (TPSA) is 81.7 Å². The molecule has 1 N–H and O–H groups in total. The second kappa shape index (κ2) is 6.53. The number of methoxy groups -OCH3 is 1. The number of hydrogen-bond acceptors (Lipinski definition) is 5. The van der Waals surface area contributed by atoms with E-state index in [4.69, 9.17) is 4.74 Å². The number of rotatable bonds is 5. The van der Waals surface area contributed by atoms with E-state index >= 15 is 0 Å². The van der Waals surface area contributed by atoms with E-state index in [0.29, 0.717) is 6.29 Å². The molecular formula is C13H15NO5. The zero-order valence-corrected chi connectivity index (χ0v) is 10.7. The molecule has 102 valence electrons. The van der Waals surface area contributed by atoms with Crippen molar-refractivity contribution in [3.63, 3.8) is 0 Å². The molecule has 0 bridgehead atoms. The summed E-state index contributed by atoms with van der Waals surface area (Å²) in [6.07, 6.45) is -0.577. The molecule has 6 heteroatoms. The van der Waals surface area contributed by atoms with Gasteiger partial charge in [0.25, 0.3) is 0 Å². The van der Waals surface area contributed by atoms with Gasteiger partial charge in [0.15, 0.2) is 11.8 Å². The standard InChI is InChI=1S/C13H15NO5/c1-13(9-15,11(16)18-2)14-12(17)19-8-10-6-4-3-5-7-10/h3-7,9H,8H2,1-2H3,(H,14,17)/t13-/m0/s1. The van der Waals surface area contributed by atoms with Crippen molar-refractivity contribution in [2.45, 2.75) is 19.1 Å². The number of aldehydes is 1. The van der Waals surface area contributed by atoms with Gasteiger partial charge >= 0.3 is 12.1 Å². The highest BCUT2D eigenvalue weighted by Gasteiger charge is 2.36. The molecular weight excluding hydrogens is 250 g/mol. The number of carbonyl (C=O) groups is 3. The lowest BCUT2D eigenvalue weighted by molar-refractivity contribution is -0.149. The SMILES string of the molecule is COC(=O)[C@](C)(C=O)NC(=O)OCc1ccccc1. The average molecular weight is 265 g/mol. The molecule has 0 spiro atoms. The van der Waals surface area contributed by atoms with Crippen molar-refractivity contribution >= 4 is 18.3 Å². The number of ether oxygens (including phenoxy) is 2. The summed E-state index contributed by atoms with van der Waals surface area (Å²) in [6, 6.07) is 9.02. The van der Waals surface area contributed by atoms with Crippen molar-refractivity contribution in [2.24, 2.45) is 0 Å². The normalized spacial score (nSPS) is 12.9. The predicted octanol–water partition coefficient (Wildman–Crippen LogP) is 1.04. The van der Waals surface area contributed by atoms with Crippen LogP contribution in [-0.2, 0) is 25.7 Å². The van der Waals surface area contributed by atoms with Crippen molar-refractivity contribution in [2.75, 3.05) is 7.11 Å². The van der Waals surface area contributed by atoms with Crippen molar-refractivity contribution < 1.29 is 23.9 Å². The zero-order chi connectivity index (χ0) is 14.3. The van der Waals surface area contributed by atoms with Crippen LogP contribution in [-0.4, -0.2) is 31.0 Å². The van der Waals surface area contributed by atoms with E-state index < -0.39 is 17.6 Å². The minimum absolute atomic E-state index is 0.0444. The number of hydrogen-bond donors (Lipinski definition) is 1. The number of benzene rings is 1. The van der Waals surface area contributed by atoms with Gasteiger partial charge in [-0.25, -0.2) is 9.59 Å². The van der Waals surface area contributed by atoms with Crippen LogP contribution < -0.4 is 5.32 Å². The number of carbonyl (C=O) groups excluding carboxylic acids is 3. The minimum Gasteiger partial charge on any atom is -0.467 e. The van der Waals surface area contributed by atoms with Gasteiger partial charge in [0, 0.05) is 0 Å². The van der Waals surface area contributed by atoms with E-state index in [1.165, 1.54) is 6.92 Å². The maximum Gasteiger partial charge on any atom is 0.408 e. The zero-order valence-electron chi connectivity index (χ0n) is 10.7. The summed E-state index contributed by atoms with van der Waals surface area (Å²) < 4.78 is 9.33. The highest BCUT2D eigenvalue weighted by Crippen LogP contribution is 2.05. The fourth-order valence-electron chi connectivity index (χ4n) is 1.31. The number of esters is 1. The summed E-state index contributed by atoms with van der Waals surface area (Å²) in [7, 11) is 1.13. The van der Waals surface area contributed by atoms with E-state index in [2.05, 4.69) is 10.1 Å². The van der Waals surface area contributed by atoms with E-state index in [-0.39, 0.29) is 6.61 Å². The number of alkyl carbamates (subject to hydrolysis) is 1. The van der Waals surface area contributed by atoms with Crippen LogP contribution in [0.5, 0.6) is 0 Å². The molecule has 0 radical (unpaired) electrons. The molecule has 19 heavy (non-hydrogen) atoms. The molecule has 1 atom stereocenters. The van der Waals surface area contributed by atoms with E-state index in [9.17, 15) is 14.4 Å². The molecule has 0 fully saturated rings. The maximum absolute atomic E-state index is 11.5. The number of nitrogens with one attached hydrogen (secondary N) is 1. The fourth-order valence-corrected chi connectivity index (χ4v) is 1.31. The van der Waals surface area contributed by atoms with E-state index in [0.717, 1.165) is 12.7 Å². The van der Waals surface area contributed by atoms with Crippen LogP contribution in [0.4, 0.5) is 4.79 Å². The number of amides is 1. The van der Waals surface area contributed by atoms with Crippen LogP contribution in [0, 0.1) is 0 Å². The summed E-state index contributed by atoms with van der Waals surface area (Å²) in [5.41, 5.74) is -0.953. The van der Waals surface area contributed by atoms with Crippen LogP contribution in [0.1, 0.15) is 12.5 Å². The lowest BCUT2D eigenvalue weighted by Gasteiger charge is -2.21. The first-order valence-electron chi connectivity index (χ1n) is 5.55. The van der Waals surface area contributed by atoms with Gasteiger partial charge in [-0.05, 0) is 12.5 Å². The highest BCUT2D eigenvalue weighted by molar-refractivity contribution is 6.00. The Kier molecular flexibility index (Phi) is 5.05. The third kappa shape index (κ3) is 4.09. The van der Waals surface area contributed by atoms with Crippen molar-refractivity contribution in [3.05, 3.63) is 35.9 Å². The molecule has 0 aliphatic heterocycles. The third-order valence-corrected chi connectivity index (χ3v) is 2.42. The smallest absolute Gasteiger partial charge is 0.408 e. The fraction of sp³-hybridized carbons (Fsp3) is 0.308. The Morgan fingerprint density at radius 1 is 1.32 bits per heavy atom. The first-order chi connectivity index (χ1) is 9.01. The summed E-state index contributed by atoms with van der Waals surface area (Å²) in [4.78, 5) is 33.7. The summed E-state index contributed by atoms with van der Waals surface area (Å²) in [5, 5.41) is 2.16. The molecule has 0 aromatic heterocycles. The quantitative estimate of drug-likeness (QED) is 0.489. The molecule has 0 heterocycles. The van der Waals surface area contributed by atoms with Gasteiger partial charge in [-0.2, -0.15) is 0 Å². The van der Waals surface area contributed by atoms with Crippen molar-refractivity contribution in [1.82, 2.24) is 5.32 Å². The monoisotopic (exact) mass is 265 g/mol. The van der Waals surface area contributed by atoms with Crippen molar-refractivity contribution in [1.29, 1.82) is 0 Å². The van der Waals surface area contributed by atoms with E-state index in [1.54, 1.807) is 24.3 Å². The lowest BCUT2D eigenvalue weighted by Crippen LogP contribution is -2.54. The molecule has 1 rings (SSSR count). The minimum atomic E-state index is -1.75. The van der Waals surface area contributed by atoms with Crippen molar-refractivity contribution in [3.8, 4) is 0 Å². The average Bonchev–Trinajstić information content (AvgIpc) is 2.45. The van der Waals surface area contributed by atoms with Gasteiger partial charge < -0.3 is 14.3 Å². The van der Waals surface area contributed by atoms with Gasteiger partial charge in [-0.1, -0.05) is 30.3 Å². The van der Waals surface area contributed by atoms with Crippen LogP contribution in [0.15, 0.2) is 30.3 Å². The summed E-state index contributed by atoms with van der Waals surface area (Å²) in [6.45, 7) is 1.28. The molecule has 0 aliphatic carbocycles. The summed E-state index contributed by atoms with van der Waals surface area (Å²) >= 11 is 0. The van der Waals surface area contributed by atoms with Crippen LogP contribution in [0.3, 0.4) is 0 Å². The van der Waals surface area contributed by atoms with Crippen LogP contribution >= 0.6 is 0 Å². The summed E-state index contributed by atoms with van der Waals surface area (Å²) in [5.74, 6) is -0.862. The van der Waals surface area contributed by atoms with Gasteiger partial charge in [0.05, 0.1) is 7.11 Å². The predicted molar refractivity (Wildman–Crippen MR) is 66.2 cm³/mol. The second-order valence-corrected chi connectivity index (χ2v) is 4.00. The first kappa shape index (κ1) is 14.7. The Bertz CT molecular complexity index is 459. The largest absolute Gasteiger partial charge is 0.467 e. The molecule has 0 unspecified atom stereocenters. The molecule has 0 saturated carbocycles. The molecule has 6 nitrogen and oxygen atoms in total. The Morgan fingerprint density at radius 3 is 2.47 bits per heavy atom. The molecule has 0 saturated heterocycles. The molecule has 1 aromatic carbocycles. The third-order valence-electron chi connectivity index (χ3n) is 2.42. The molecule has 1 aromatic rings. The van der Waals surface area contributed by atoms with Crippen LogP contribution in [0.25, 0.3) is 0 Å².